The molecule has 6 heterocycles. The van der Waals surface area contributed by atoms with Crippen molar-refractivity contribution in [3.63, 3.8) is 0 Å². The number of amides is 4. The fourth-order valence-electron chi connectivity index (χ4n) is 5.14. The maximum atomic E-state index is 11.5. The van der Waals surface area contributed by atoms with Crippen LogP contribution in [0.25, 0.3) is 11.1 Å². The molecule has 0 spiro atoms. The third-order valence-corrected chi connectivity index (χ3v) is 7.30. The number of anilines is 2. The number of hydrogen-bond acceptors (Lipinski definition) is 12. The van der Waals surface area contributed by atoms with E-state index in [9.17, 15) is 33.6 Å². The molecule has 4 aromatic heterocycles. The Morgan fingerprint density at radius 3 is 1.50 bits per heavy atom. The van der Waals surface area contributed by atoms with Crippen molar-refractivity contribution < 1.29 is 32.3 Å². The number of carbonyl (C=O) groups is 2. The third kappa shape index (κ3) is 9.49. The van der Waals surface area contributed by atoms with Crippen LogP contribution in [0.1, 0.15) is 68.5 Å². The molecule has 0 aliphatic carbocycles. The summed E-state index contributed by atoms with van der Waals surface area (Å²) >= 11 is 0. The molecule has 0 saturated heterocycles. The van der Waals surface area contributed by atoms with Gasteiger partial charge in [-0.3, -0.25) is 25.4 Å². The van der Waals surface area contributed by atoms with Crippen molar-refractivity contribution in [3.05, 3.63) is 123 Å². The number of fused-ring (bicyclic) bond motifs is 3. The lowest BCUT2D eigenvalue weighted by Crippen LogP contribution is -2.40. The maximum Gasteiger partial charge on any atom is 0.337 e. The molecule has 2 aliphatic rings. The lowest BCUT2D eigenvalue weighted by Gasteiger charge is -2.27. The molecule has 0 bridgehead atoms. The molecule has 6 N–H and O–H groups in total. The quantitative estimate of drug-likeness (QED) is 0.136. The molecule has 2 unspecified atom stereocenters. The van der Waals surface area contributed by atoms with E-state index in [2.05, 4.69) is 44.4 Å². The van der Waals surface area contributed by atoms with Crippen LogP contribution >= 0.6 is 0 Å². The normalized spacial score (nSPS) is 15.3. The smallest absolute Gasteiger partial charge is 0.337 e. The van der Waals surface area contributed by atoms with Gasteiger partial charge in [0.1, 0.15) is 5.39 Å². The highest BCUT2D eigenvalue weighted by molar-refractivity contribution is 5.91. The van der Waals surface area contributed by atoms with Crippen LogP contribution in [-0.4, -0.2) is 35.2 Å². The lowest BCUT2D eigenvalue weighted by molar-refractivity contribution is 0.0529. The van der Waals surface area contributed by atoms with Gasteiger partial charge < -0.3 is 33.4 Å². The molecule has 0 aromatic carbocycles. The molecule has 18 heteroatoms. The monoisotopic (exact) mass is 724 g/mol. The number of rotatable bonds is 9. The van der Waals surface area contributed by atoms with Crippen molar-refractivity contribution in [1.82, 2.24) is 20.6 Å². The Bertz CT molecular complexity index is 2140. The van der Waals surface area contributed by atoms with E-state index in [0.29, 0.717) is 36.0 Å². The highest BCUT2D eigenvalue weighted by atomic mass is 16.5. The minimum atomic E-state index is -0.691. The Balaban J connectivity index is 0.000000209. The van der Waals surface area contributed by atoms with E-state index in [4.69, 9.17) is 22.7 Å². The van der Waals surface area contributed by atoms with Crippen LogP contribution in [0.5, 0.6) is 0 Å². The van der Waals surface area contributed by atoms with Gasteiger partial charge in [-0.25, -0.2) is 28.8 Å². The molecular weight excluding hydrogens is 684 g/mol. The van der Waals surface area contributed by atoms with E-state index in [1.54, 1.807) is 19.1 Å². The van der Waals surface area contributed by atoms with Gasteiger partial charge in [-0.05, 0) is 36.0 Å². The number of hydrogen-bond donors (Lipinski definition) is 6. The Morgan fingerprint density at radius 1 is 0.654 bits per heavy atom. The summed E-state index contributed by atoms with van der Waals surface area (Å²) in [6.45, 7) is 13.3. The van der Waals surface area contributed by atoms with Gasteiger partial charge in [0.05, 0.1) is 24.3 Å². The van der Waals surface area contributed by atoms with Crippen molar-refractivity contribution in [2.75, 3.05) is 23.8 Å². The van der Waals surface area contributed by atoms with Gasteiger partial charge in [-0.2, -0.15) is 0 Å². The van der Waals surface area contributed by atoms with Crippen LogP contribution in [0.3, 0.4) is 0 Å². The molecule has 2 aliphatic heterocycles. The number of H-pyrrole nitrogens is 2. The van der Waals surface area contributed by atoms with Gasteiger partial charge in [0.25, 0.3) is 5.56 Å². The summed E-state index contributed by atoms with van der Waals surface area (Å²) < 4.78 is 25.6. The Morgan fingerprint density at radius 2 is 1.08 bits per heavy atom. The number of aromatic amines is 2. The summed E-state index contributed by atoms with van der Waals surface area (Å²) in [5.74, 6) is 0.300. The molecular formula is C34H40N6O12. The van der Waals surface area contributed by atoms with E-state index in [1.165, 1.54) is 18.2 Å². The van der Waals surface area contributed by atoms with Crippen molar-refractivity contribution >= 4 is 34.9 Å². The number of ether oxygens (including phenoxy) is 2. The van der Waals surface area contributed by atoms with Crippen LogP contribution < -0.4 is 49.4 Å². The first-order chi connectivity index (χ1) is 24.4. The second kappa shape index (κ2) is 18.1. The second-order valence-electron chi connectivity index (χ2n) is 10.6. The minimum absolute atomic E-state index is 0. The topological polar surface area (TPSA) is 257 Å². The van der Waals surface area contributed by atoms with Gasteiger partial charge in [0, 0.05) is 18.2 Å². The first-order valence-electron chi connectivity index (χ1n) is 15.7. The van der Waals surface area contributed by atoms with Gasteiger partial charge in [-0.1, -0.05) is 40.3 Å². The number of carbonyl (C=O) groups excluding carboxylic acids is 2. The number of aryl methyl sites for hydroxylation is 3. The summed E-state index contributed by atoms with van der Waals surface area (Å²) in [4.78, 5) is 83.4. The SMILES string of the molecule is C.C=CCOC1NC(=O)Nc2oc(=O)cc(CC)c21.C=CCOC1NC(=O)Nc2oc(=O)cc(CC)c21.CCc1cc(=O)oc2[nH]c(=O)[nH]c(=O)c12. The van der Waals surface area contributed by atoms with Crippen LogP contribution in [-0.2, 0) is 28.7 Å². The number of urea groups is 2. The largest absolute Gasteiger partial charge is 0.406 e. The molecule has 0 radical (unpaired) electrons. The zero-order valence-corrected chi connectivity index (χ0v) is 27.9. The van der Waals surface area contributed by atoms with Crippen molar-refractivity contribution in [1.29, 1.82) is 0 Å². The highest BCUT2D eigenvalue weighted by Gasteiger charge is 2.30. The maximum absolute atomic E-state index is 11.5. The van der Waals surface area contributed by atoms with Gasteiger partial charge in [0.15, 0.2) is 12.5 Å². The van der Waals surface area contributed by atoms with Crippen LogP contribution in [0.2, 0.25) is 0 Å². The molecule has 4 amide bonds. The first-order valence-corrected chi connectivity index (χ1v) is 15.7. The van der Waals surface area contributed by atoms with Gasteiger partial charge in [-0.15, -0.1) is 13.2 Å². The zero-order chi connectivity index (χ0) is 37.2. The summed E-state index contributed by atoms with van der Waals surface area (Å²) in [6.07, 6.45) is 3.69. The molecule has 2 atom stereocenters. The molecule has 52 heavy (non-hydrogen) atoms. The van der Waals surface area contributed by atoms with Crippen molar-refractivity contribution in [3.8, 4) is 0 Å². The third-order valence-electron chi connectivity index (χ3n) is 7.30. The Labute approximate surface area is 294 Å². The first kappa shape index (κ1) is 40.2. The number of nitrogens with one attached hydrogen (secondary N) is 6. The Hall–Kier alpha value is -6.27. The molecule has 0 saturated carbocycles. The fourth-order valence-corrected chi connectivity index (χ4v) is 5.14. The van der Waals surface area contributed by atoms with Gasteiger partial charge in [0.2, 0.25) is 17.5 Å². The Kier molecular flexibility index (Phi) is 14.0. The molecule has 4 aromatic rings. The standard InChI is InChI=1S/2C12H14N2O4.C9H8N2O4.CH4/c2*1-3-5-17-10-9-7(4-2)6-8(15)18-11(9)14-12(16)13-10;1-2-4-3-5(12)15-8-6(4)7(13)10-9(14)11-8;/h2*3,6,10H,1,4-5H2,2H3,(H2,13,14,16);3H,2H2,1H3,(H2,10,11,13,14);1H4. The summed E-state index contributed by atoms with van der Waals surface area (Å²) in [5, 5.41) is 10.4. The van der Waals surface area contributed by atoms with E-state index < -0.39 is 52.6 Å². The van der Waals surface area contributed by atoms with Crippen LogP contribution in [0.15, 0.2) is 80.7 Å². The average molecular weight is 725 g/mol. The van der Waals surface area contributed by atoms with E-state index >= 15 is 0 Å². The van der Waals surface area contributed by atoms with Crippen LogP contribution in [0.4, 0.5) is 21.4 Å². The zero-order valence-electron chi connectivity index (χ0n) is 27.9. The minimum Gasteiger partial charge on any atom is -0.406 e. The van der Waals surface area contributed by atoms with Crippen LogP contribution in [0, 0.1) is 0 Å². The molecule has 18 nitrogen and oxygen atoms in total. The fraction of sp³-hybridized carbons (Fsp3) is 0.324. The second-order valence-corrected chi connectivity index (χ2v) is 10.6. The summed E-state index contributed by atoms with van der Waals surface area (Å²) in [7, 11) is 0. The highest BCUT2D eigenvalue weighted by Crippen LogP contribution is 2.31. The predicted molar refractivity (Wildman–Crippen MR) is 191 cm³/mol. The van der Waals surface area contributed by atoms with E-state index in [0.717, 1.165) is 11.1 Å². The summed E-state index contributed by atoms with van der Waals surface area (Å²) in [6, 6.07) is 3.13. The van der Waals surface area contributed by atoms with E-state index in [1.807, 2.05) is 13.8 Å². The van der Waals surface area contributed by atoms with E-state index in [-0.39, 0.29) is 43.5 Å². The lowest BCUT2D eigenvalue weighted by atomic mass is 10.1. The average Bonchev–Trinajstić information content (AvgIpc) is 3.08. The molecule has 278 valence electrons. The number of aromatic nitrogens is 2. The van der Waals surface area contributed by atoms with Crippen molar-refractivity contribution in [2.45, 2.75) is 59.9 Å². The molecule has 0 fully saturated rings. The van der Waals surface area contributed by atoms with Gasteiger partial charge >= 0.3 is 34.6 Å². The summed E-state index contributed by atoms with van der Waals surface area (Å²) in [5.41, 5.74) is 0.541. The molecule has 6 rings (SSSR count). The van der Waals surface area contributed by atoms with Crippen molar-refractivity contribution in [2.24, 2.45) is 0 Å². The predicted octanol–water partition coefficient (Wildman–Crippen LogP) is 3.45.